The molecule has 0 aliphatic carbocycles. The van der Waals surface area contributed by atoms with Gasteiger partial charge in [0.05, 0.1) is 24.5 Å². The molecule has 2 aromatic rings. The Balaban J connectivity index is 1.76. The first-order chi connectivity index (χ1) is 11.2. The van der Waals surface area contributed by atoms with Gasteiger partial charge in [0.2, 0.25) is 0 Å². The number of aromatic nitrogens is 3. The summed E-state index contributed by atoms with van der Waals surface area (Å²) in [4.78, 5) is 15.8. The van der Waals surface area contributed by atoms with Crippen LogP contribution in [0.1, 0.15) is 42.0 Å². The number of aryl methyl sites for hydroxylation is 2. The largest absolute Gasteiger partial charge is 0.381 e. The monoisotopic (exact) mass is 312 g/mol. The van der Waals surface area contributed by atoms with Crippen molar-refractivity contribution in [2.75, 3.05) is 25.2 Å². The zero-order valence-electron chi connectivity index (χ0n) is 14.1. The van der Waals surface area contributed by atoms with Crippen LogP contribution >= 0.6 is 0 Å². The maximum absolute atomic E-state index is 5.49. The van der Waals surface area contributed by atoms with Gasteiger partial charge in [-0.05, 0) is 31.4 Å². The molecule has 1 aliphatic heterocycles. The summed E-state index contributed by atoms with van der Waals surface area (Å²) < 4.78 is 5.49. The Hall–Kier alpha value is -2.01. The molecule has 1 aliphatic rings. The average Bonchev–Trinajstić information content (AvgIpc) is 3.09. The third-order valence-electron chi connectivity index (χ3n) is 4.28. The molecule has 5 heteroatoms. The van der Waals surface area contributed by atoms with Gasteiger partial charge < -0.3 is 9.64 Å². The van der Waals surface area contributed by atoms with Crippen LogP contribution in [0.2, 0.25) is 0 Å². The first kappa shape index (κ1) is 15.9. The number of anilines is 1. The zero-order chi connectivity index (χ0) is 16.2. The van der Waals surface area contributed by atoms with E-state index in [1.54, 1.807) is 0 Å². The van der Waals surface area contributed by atoms with Crippen LogP contribution < -0.4 is 4.90 Å². The van der Waals surface area contributed by atoms with E-state index in [1.165, 1.54) is 5.56 Å². The van der Waals surface area contributed by atoms with Gasteiger partial charge in [0.25, 0.3) is 0 Å². The van der Waals surface area contributed by atoms with Crippen LogP contribution in [-0.2, 0) is 17.7 Å². The Morgan fingerprint density at radius 1 is 1.30 bits per heavy atom. The summed E-state index contributed by atoms with van der Waals surface area (Å²) in [6.07, 6.45) is 4.01. The summed E-state index contributed by atoms with van der Waals surface area (Å²) >= 11 is 0. The SMILES string of the molecule is CCc1ccc(CN(C)c2cc([C@H]3CCOC3)nc(C)n2)nc1. The Morgan fingerprint density at radius 2 is 2.17 bits per heavy atom. The van der Waals surface area contributed by atoms with E-state index in [4.69, 9.17) is 4.74 Å². The molecule has 3 rings (SSSR count). The first-order valence-electron chi connectivity index (χ1n) is 8.24. The number of ether oxygens (including phenoxy) is 1. The van der Waals surface area contributed by atoms with Crippen LogP contribution in [0.25, 0.3) is 0 Å². The van der Waals surface area contributed by atoms with E-state index in [9.17, 15) is 0 Å². The fourth-order valence-corrected chi connectivity index (χ4v) is 2.83. The summed E-state index contributed by atoms with van der Waals surface area (Å²) in [5.74, 6) is 2.15. The van der Waals surface area contributed by atoms with Gasteiger partial charge in [-0.3, -0.25) is 4.98 Å². The van der Waals surface area contributed by atoms with Crippen LogP contribution in [0.15, 0.2) is 24.4 Å². The summed E-state index contributed by atoms with van der Waals surface area (Å²) in [5, 5.41) is 0. The molecule has 1 saturated heterocycles. The van der Waals surface area contributed by atoms with Crippen LogP contribution in [-0.4, -0.2) is 35.2 Å². The van der Waals surface area contributed by atoms with Gasteiger partial charge in [0.1, 0.15) is 11.6 Å². The Bertz CT molecular complexity index is 651. The predicted octanol–water partition coefficient (Wildman–Crippen LogP) is 2.88. The Morgan fingerprint density at radius 3 is 2.83 bits per heavy atom. The molecule has 0 amide bonds. The Kier molecular flexibility index (Phi) is 4.86. The minimum atomic E-state index is 0.394. The number of nitrogens with zero attached hydrogens (tertiary/aromatic N) is 4. The lowest BCUT2D eigenvalue weighted by Gasteiger charge is -2.20. The third-order valence-corrected chi connectivity index (χ3v) is 4.28. The second-order valence-corrected chi connectivity index (χ2v) is 6.13. The lowest BCUT2D eigenvalue weighted by molar-refractivity contribution is 0.193. The van der Waals surface area contributed by atoms with Crippen molar-refractivity contribution in [2.24, 2.45) is 0 Å². The van der Waals surface area contributed by atoms with Gasteiger partial charge in [-0.2, -0.15) is 0 Å². The van der Waals surface area contributed by atoms with Gasteiger partial charge in [-0.25, -0.2) is 9.97 Å². The minimum Gasteiger partial charge on any atom is -0.381 e. The molecule has 0 unspecified atom stereocenters. The quantitative estimate of drug-likeness (QED) is 0.849. The second kappa shape index (κ2) is 7.04. The lowest BCUT2D eigenvalue weighted by Crippen LogP contribution is -2.20. The molecule has 0 N–H and O–H groups in total. The molecule has 5 nitrogen and oxygen atoms in total. The summed E-state index contributed by atoms with van der Waals surface area (Å²) in [5.41, 5.74) is 3.40. The van der Waals surface area contributed by atoms with E-state index in [2.05, 4.69) is 45.0 Å². The fourth-order valence-electron chi connectivity index (χ4n) is 2.83. The first-order valence-corrected chi connectivity index (χ1v) is 8.24. The van der Waals surface area contributed by atoms with E-state index in [-0.39, 0.29) is 0 Å². The number of pyridine rings is 1. The van der Waals surface area contributed by atoms with Crippen molar-refractivity contribution in [3.63, 3.8) is 0 Å². The molecule has 2 aromatic heterocycles. The van der Waals surface area contributed by atoms with Crippen molar-refractivity contribution in [1.29, 1.82) is 0 Å². The Labute approximate surface area is 137 Å². The summed E-state index contributed by atoms with van der Waals surface area (Å²) in [6, 6.07) is 6.32. The van der Waals surface area contributed by atoms with Crippen molar-refractivity contribution in [3.05, 3.63) is 47.2 Å². The highest BCUT2D eigenvalue weighted by molar-refractivity contribution is 5.40. The maximum atomic E-state index is 5.49. The van der Waals surface area contributed by atoms with Crippen molar-refractivity contribution >= 4 is 5.82 Å². The van der Waals surface area contributed by atoms with Crippen molar-refractivity contribution in [2.45, 2.75) is 39.2 Å². The molecule has 1 fully saturated rings. The van der Waals surface area contributed by atoms with Crippen molar-refractivity contribution in [1.82, 2.24) is 15.0 Å². The third kappa shape index (κ3) is 3.85. The molecule has 0 bridgehead atoms. The van der Waals surface area contributed by atoms with Gasteiger partial charge in [0, 0.05) is 31.8 Å². The van der Waals surface area contributed by atoms with E-state index in [0.717, 1.165) is 55.6 Å². The fraction of sp³-hybridized carbons (Fsp3) is 0.500. The molecule has 0 spiro atoms. The maximum Gasteiger partial charge on any atom is 0.132 e. The molecule has 1 atom stereocenters. The van der Waals surface area contributed by atoms with Crippen LogP contribution in [0.3, 0.4) is 0 Å². The second-order valence-electron chi connectivity index (χ2n) is 6.13. The van der Waals surface area contributed by atoms with Gasteiger partial charge in [-0.15, -0.1) is 0 Å². The molecule has 0 saturated carbocycles. The number of rotatable bonds is 5. The van der Waals surface area contributed by atoms with E-state index in [0.29, 0.717) is 5.92 Å². The summed E-state index contributed by atoms with van der Waals surface area (Å²) in [6.45, 7) is 6.42. The molecule has 122 valence electrons. The topological polar surface area (TPSA) is 51.1 Å². The number of hydrogen-bond donors (Lipinski definition) is 0. The van der Waals surface area contributed by atoms with Crippen molar-refractivity contribution in [3.8, 4) is 0 Å². The number of hydrogen-bond acceptors (Lipinski definition) is 5. The van der Waals surface area contributed by atoms with Crippen LogP contribution in [0, 0.1) is 6.92 Å². The van der Waals surface area contributed by atoms with Crippen LogP contribution in [0.5, 0.6) is 0 Å². The highest BCUT2D eigenvalue weighted by atomic mass is 16.5. The zero-order valence-corrected chi connectivity index (χ0v) is 14.1. The molecule has 0 aromatic carbocycles. The smallest absolute Gasteiger partial charge is 0.132 e. The predicted molar refractivity (Wildman–Crippen MR) is 90.7 cm³/mol. The normalized spacial score (nSPS) is 17.4. The highest BCUT2D eigenvalue weighted by Gasteiger charge is 2.21. The van der Waals surface area contributed by atoms with Crippen LogP contribution in [0.4, 0.5) is 5.82 Å². The van der Waals surface area contributed by atoms with Crippen molar-refractivity contribution < 1.29 is 4.74 Å². The molecule has 0 radical (unpaired) electrons. The molecular formula is C18H24N4O. The van der Waals surface area contributed by atoms with E-state index in [1.807, 2.05) is 20.2 Å². The lowest BCUT2D eigenvalue weighted by atomic mass is 10.0. The van der Waals surface area contributed by atoms with Gasteiger partial charge in [0.15, 0.2) is 0 Å². The average molecular weight is 312 g/mol. The molecule has 23 heavy (non-hydrogen) atoms. The summed E-state index contributed by atoms with van der Waals surface area (Å²) in [7, 11) is 2.05. The highest BCUT2D eigenvalue weighted by Crippen LogP contribution is 2.26. The molecule has 3 heterocycles. The van der Waals surface area contributed by atoms with Gasteiger partial charge in [-0.1, -0.05) is 13.0 Å². The standard InChI is InChI=1S/C18H24N4O/c1-4-14-5-6-16(19-10-14)11-22(3)18-9-17(20-13(2)21-18)15-7-8-23-12-15/h5-6,9-10,15H,4,7-8,11-12H2,1-3H3/t15-/m0/s1. The minimum absolute atomic E-state index is 0.394. The van der Waals surface area contributed by atoms with E-state index < -0.39 is 0 Å². The van der Waals surface area contributed by atoms with E-state index >= 15 is 0 Å². The van der Waals surface area contributed by atoms with Gasteiger partial charge >= 0.3 is 0 Å². The molecular weight excluding hydrogens is 288 g/mol.